The largest absolute Gasteiger partial charge is 0.406 e. The van der Waals surface area contributed by atoms with Gasteiger partial charge in [-0.3, -0.25) is 14.4 Å². The van der Waals surface area contributed by atoms with Gasteiger partial charge < -0.3 is 15.5 Å². The maximum atomic E-state index is 13.4. The summed E-state index contributed by atoms with van der Waals surface area (Å²) in [7, 11) is 0. The molecule has 40 heavy (non-hydrogen) atoms. The highest BCUT2D eigenvalue weighted by molar-refractivity contribution is 6.12. The molecule has 5 aliphatic rings. The lowest BCUT2D eigenvalue weighted by Crippen LogP contribution is -2.60. The molecule has 4 aliphatic heterocycles. The number of hydrogen-bond donors (Lipinski definition) is 2. The van der Waals surface area contributed by atoms with Crippen LogP contribution in [0.2, 0.25) is 0 Å². The molecule has 5 atom stereocenters. The van der Waals surface area contributed by atoms with E-state index in [1.54, 1.807) is 37.4 Å². The second-order valence-corrected chi connectivity index (χ2v) is 11.1. The molecule has 3 amide bonds. The number of likely N-dealkylation sites (tertiary alicyclic amines) is 1. The van der Waals surface area contributed by atoms with Crippen LogP contribution in [0.15, 0.2) is 75.4 Å². The third-order valence-electron chi connectivity index (χ3n) is 8.66. The first-order valence-electron chi connectivity index (χ1n) is 13.3. The van der Waals surface area contributed by atoms with Crippen molar-refractivity contribution < 1.29 is 27.6 Å². The molecule has 8 nitrogen and oxygen atoms in total. The number of alkyl halides is 3. The maximum absolute atomic E-state index is 13.4. The van der Waals surface area contributed by atoms with E-state index in [9.17, 15) is 27.6 Å². The molecule has 2 unspecified atom stereocenters. The average Bonchev–Trinajstić information content (AvgIpc) is 3.44. The van der Waals surface area contributed by atoms with Crippen molar-refractivity contribution in [2.75, 3.05) is 13.1 Å². The molecule has 1 aromatic rings. The highest BCUT2D eigenvalue weighted by atomic mass is 19.4. The Hall–Kier alpha value is -4.02. The van der Waals surface area contributed by atoms with Crippen molar-refractivity contribution in [2.45, 2.75) is 50.4 Å². The fourth-order valence-electron chi connectivity index (χ4n) is 6.63. The number of hydrogen-bond acceptors (Lipinski definition) is 5. The molecule has 2 N–H and O–H groups in total. The number of amides is 3. The van der Waals surface area contributed by atoms with Crippen molar-refractivity contribution in [3.05, 3.63) is 71.0 Å². The van der Waals surface area contributed by atoms with E-state index in [1.165, 1.54) is 0 Å². The van der Waals surface area contributed by atoms with Crippen LogP contribution in [0, 0.1) is 11.3 Å². The SMILES string of the molecule is C[C@@H]1[C@H](c2ccccc2)C[C@H](NC(=O)C2=CC3=C(CC4(C3)C(=O)N=C3N=CC=CC34)NC2)C(=O)N1CC(F)(F)F. The number of nitrogens with zero attached hydrogens (tertiary/aromatic N) is 3. The smallest absolute Gasteiger partial charge is 0.384 e. The van der Waals surface area contributed by atoms with Crippen molar-refractivity contribution in [3.8, 4) is 0 Å². The molecule has 11 heteroatoms. The number of piperidine rings is 1. The van der Waals surface area contributed by atoms with Crippen molar-refractivity contribution in [2.24, 2.45) is 21.3 Å². The summed E-state index contributed by atoms with van der Waals surface area (Å²) in [4.78, 5) is 48.8. The van der Waals surface area contributed by atoms with E-state index in [2.05, 4.69) is 20.6 Å². The zero-order chi connectivity index (χ0) is 28.2. The predicted molar refractivity (Wildman–Crippen MR) is 141 cm³/mol. The van der Waals surface area contributed by atoms with Crippen LogP contribution >= 0.6 is 0 Å². The molecule has 0 bridgehead atoms. The van der Waals surface area contributed by atoms with Crippen molar-refractivity contribution in [1.29, 1.82) is 0 Å². The van der Waals surface area contributed by atoms with E-state index in [-0.39, 0.29) is 30.7 Å². The molecular formula is C29H28F3N5O3. The number of allylic oxidation sites excluding steroid dienone is 4. The van der Waals surface area contributed by atoms with Gasteiger partial charge in [-0.25, -0.2) is 4.99 Å². The first kappa shape index (κ1) is 26.2. The van der Waals surface area contributed by atoms with Crippen LogP contribution < -0.4 is 10.6 Å². The standard InChI is InChI=1S/C29H28F3N5O3/c1-16-20(17-6-3-2-4-7-17)11-22(26(39)37(16)15-29(30,31)32)35-25(38)19-10-18-12-28(13-23(18)34-14-19)21-8-5-9-33-24(21)36-27(28)40/h2-10,16,20-22,34H,11-15H2,1H3,(H,35,38)/t16-,20-,21?,22+,28?/m1/s1. The summed E-state index contributed by atoms with van der Waals surface area (Å²) in [6.07, 6.45) is 3.52. The van der Waals surface area contributed by atoms with Gasteiger partial charge in [0.15, 0.2) is 0 Å². The van der Waals surface area contributed by atoms with Crippen LogP contribution in [0.4, 0.5) is 13.2 Å². The van der Waals surface area contributed by atoms with Crippen LogP contribution in [0.25, 0.3) is 0 Å². The van der Waals surface area contributed by atoms with E-state index in [4.69, 9.17) is 0 Å². The normalized spacial score (nSPS) is 31.1. The fourth-order valence-corrected chi connectivity index (χ4v) is 6.63. The lowest BCUT2D eigenvalue weighted by atomic mass is 9.72. The van der Waals surface area contributed by atoms with E-state index >= 15 is 0 Å². The van der Waals surface area contributed by atoms with E-state index < -0.39 is 42.0 Å². The Morgan fingerprint density at radius 3 is 2.73 bits per heavy atom. The highest BCUT2D eigenvalue weighted by Gasteiger charge is 2.56. The number of rotatable bonds is 4. The summed E-state index contributed by atoms with van der Waals surface area (Å²) in [5.41, 5.74) is 2.06. The molecule has 1 saturated heterocycles. The Balaban J connectivity index is 1.21. The van der Waals surface area contributed by atoms with Crippen LogP contribution in [0.3, 0.4) is 0 Å². The molecule has 0 aromatic heterocycles. The van der Waals surface area contributed by atoms with Crippen LogP contribution in [0.1, 0.15) is 37.7 Å². The molecule has 0 radical (unpaired) electrons. The minimum Gasteiger partial charge on any atom is -0.384 e. The van der Waals surface area contributed by atoms with E-state index in [1.807, 2.05) is 24.3 Å². The van der Waals surface area contributed by atoms with E-state index in [0.29, 0.717) is 24.3 Å². The second-order valence-electron chi connectivity index (χ2n) is 11.1. The lowest BCUT2D eigenvalue weighted by molar-refractivity contribution is -0.171. The summed E-state index contributed by atoms with van der Waals surface area (Å²) >= 11 is 0. The summed E-state index contributed by atoms with van der Waals surface area (Å²) < 4.78 is 40.3. The number of carbonyl (C=O) groups excluding carboxylic acids is 3. The Kier molecular flexibility index (Phi) is 6.27. The average molecular weight is 552 g/mol. The van der Waals surface area contributed by atoms with Gasteiger partial charge >= 0.3 is 6.18 Å². The molecule has 1 aromatic carbocycles. The van der Waals surface area contributed by atoms with Gasteiger partial charge in [0.05, 0.1) is 11.3 Å². The first-order chi connectivity index (χ1) is 19.1. The molecule has 0 saturated carbocycles. The molecule has 1 fully saturated rings. The molecule has 4 heterocycles. The molecular weight excluding hydrogens is 523 g/mol. The zero-order valence-corrected chi connectivity index (χ0v) is 21.7. The zero-order valence-electron chi connectivity index (χ0n) is 21.7. The molecule has 6 rings (SSSR count). The third kappa shape index (κ3) is 4.47. The number of halogens is 3. The number of nitrogens with one attached hydrogen (secondary N) is 2. The molecule has 208 valence electrons. The number of benzene rings is 1. The van der Waals surface area contributed by atoms with Crippen LogP contribution in [0.5, 0.6) is 0 Å². The summed E-state index contributed by atoms with van der Waals surface area (Å²) in [6.45, 7) is 0.402. The highest BCUT2D eigenvalue weighted by Crippen LogP contribution is 2.53. The number of fused-ring (bicyclic) bond motifs is 2. The molecule has 1 spiro atoms. The van der Waals surface area contributed by atoms with Crippen molar-refractivity contribution in [3.63, 3.8) is 0 Å². The van der Waals surface area contributed by atoms with Gasteiger partial charge in [0, 0.05) is 42.4 Å². The van der Waals surface area contributed by atoms with Crippen molar-refractivity contribution in [1.82, 2.24) is 15.5 Å². The van der Waals surface area contributed by atoms with Gasteiger partial charge in [-0.05, 0) is 43.1 Å². The van der Waals surface area contributed by atoms with Gasteiger partial charge in [-0.15, -0.1) is 0 Å². The Bertz CT molecular complexity index is 1430. The Morgan fingerprint density at radius 1 is 1.20 bits per heavy atom. The second kappa shape index (κ2) is 9.57. The third-order valence-corrected chi connectivity index (χ3v) is 8.66. The van der Waals surface area contributed by atoms with Crippen LogP contribution in [-0.4, -0.2) is 66.0 Å². The van der Waals surface area contributed by atoms with Gasteiger partial charge in [-0.2, -0.15) is 18.2 Å². The topological polar surface area (TPSA) is 103 Å². The lowest BCUT2D eigenvalue weighted by Gasteiger charge is -2.43. The molecule has 1 aliphatic carbocycles. The summed E-state index contributed by atoms with van der Waals surface area (Å²) in [5.74, 6) is -1.63. The number of amidine groups is 1. The maximum Gasteiger partial charge on any atom is 0.406 e. The first-order valence-corrected chi connectivity index (χ1v) is 13.3. The summed E-state index contributed by atoms with van der Waals surface area (Å²) in [6, 6.07) is 7.26. The van der Waals surface area contributed by atoms with Gasteiger partial charge in [0.1, 0.15) is 18.4 Å². The summed E-state index contributed by atoms with van der Waals surface area (Å²) in [5, 5.41) is 5.97. The number of aliphatic imine (C=N–C) groups is 2. The predicted octanol–water partition coefficient (Wildman–Crippen LogP) is 3.20. The van der Waals surface area contributed by atoms with Crippen LogP contribution in [-0.2, 0) is 14.4 Å². The minimum atomic E-state index is -4.58. The Labute approximate surface area is 228 Å². The Morgan fingerprint density at radius 2 is 1.98 bits per heavy atom. The van der Waals surface area contributed by atoms with Gasteiger partial charge in [-0.1, -0.05) is 36.4 Å². The number of carbonyl (C=O) groups is 3. The fraction of sp³-hybridized carbons (Fsp3) is 0.414. The quantitative estimate of drug-likeness (QED) is 0.600. The number of dihydropyridines is 2. The monoisotopic (exact) mass is 551 g/mol. The van der Waals surface area contributed by atoms with Gasteiger partial charge in [0.2, 0.25) is 11.8 Å². The van der Waals surface area contributed by atoms with Crippen molar-refractivity contribution >= 4 is 29.8 Å². The minimum absolute atomic E-state index is 0.174. The van der Waals surface area contributed by atoms with E-state index in [0.717, 1.165) is 21.7 Å². The van der Waals surface area contributed by atoms with Gasteiger partial charge in [0.25, 0.3) is 5.91 Å².